The first kappa shape index (κ1) is 16.0. The molecule has 0 unspecified atom stereocenters. The Balaban J connectivity index is 1.89. The Labute approximate surface area is 124 Å². The summed E-state index contributed by atoms with van der Waals surface area (Å²) in [6.45, 7) is 1.15. The average molecular weight is 319 g/mol. The summed E-state index contributed by atoms with van der Waals surface area (Å²) in [6, 6.07) is 0. The Bertz CT molecular complexity index is 539. The molecule has 0 bridgehead atoms. The van der Waals surface area contributed by atoms with E-state index in [-0.39, 0.29) is 25.3 Å². The van der Waals surface area contributed by atoms with E-state index in [2.05, 4.69) is 10.3 Å². The largest absolute Gasteiger partial charge is 0.412 e. The quantitative estimate of drug-likeness (QED) is 0.865. The first-order valence-corrected chi connectivity index (χ1v) is 7.39. The van der Waals surface area contributed by atoms with Crippen molar-refractivity contribution < 1.29 is 18.0 Å². The van der Waals surface area contributed by atoms with Gasteiger partial charge >= 0.3 is 6.18 Å². The van der Waals surface area contributed by atoms with E-state index in [1.54, 1.807) is 7.05 Å². The molecule has 0 saturated heterocycles. The third-order valence-electron chi connectivity index (χ3n) is 3.23. The normalized spacial score (nSPS) is 16.7. The van der Waals surface area contributed by atoms with Gasteiger partial charge in [-0.15, -0.1) is 11.3 Å². The van der Waals surface area contributed by atoms with Crippen LogP contribution >= 0.6 is 11.3 Å². The third kappa shape index (κ3) is 4.53. The van der Waals surface area contributed by atoms with Crippen LogP contribution in [0.5, 0.6) is 0 Å². The molecule has 0 spiro atoms. The number of carbonyl (C=O) groups is 1. The number of rotatable bonds is 4. The summed E-state index contributed by atoms with van der Waals surface area (Å²) in [5, 5.41) is 5.09. The van der Waals surface area contributed by atoms with Gasteiger partial charge in [-0.1, -0.05) is 6.08 Å². The smallest absolute Gasteiger partial charge is 0.359 e. The number of nitrogens with one attached hydrogen (secondary N) is 1. The first-order valence-electron chi connectivity index (χ1n) is 6.51. The fourth-order valence-corrected chi connectivity index (χ4v) is 2.85. The van der Waals surface area contributed by atoms with Crippen LogP contribution in [0.25, 0.3) is 0 Å². The van der Waals surface area contributed by atoms with E-state index in [0.717, 1.165) is 5.69 Å². The molecule has 1 aliphatic heterocycles. The predicted molar refractivity (Wildman–Crippen MR) is 73.9 cm³/mol. The molecule has 0 fully saturated rings. The summed E-state index contributed by atoms with van der Waals surface area (Å²) in [4.78, 5) is 17.5. The highest BCUT2D eigenvalue weighted by molar-refractivity contribution is 7.09. The molecule has 2 rings (SSSR count). The molecule has 8 heteroatoms. The van der Waals surface area contributed by atoms with Crippen LogP contribution in [0.2, 0.25) is 0 Å². The number of halogens is 3. The Morgan fingerprint density at radius 2 is 2.29 bits per heavy atom. The maximum absolute atomic E-state index is 12.5. The van der Waals surface area contributed by atoms with Crippen molar-refractivity contribution in [1.82, 2.24) is 15.2 Å². The molecule has 1 aliphatic rings. The molecule has 0 radical (unpaired) electrons. The lowest BCUT2D eigenvalue weighted by molar-refractivity contribution is -0.119. The summed E-state index contributed by atoms with van der Waals surface area (Å²) in [5.74, 6) is -0.105. The lowest BCUT2D eigenvalue weighted by Gasteiger charge is -2.26. The summed E-state index contributed by atoms with van der Waals surface area (Å²) < 4.78 is 37.6. The zero-order valence-corrected chi connectivity index (χ0v) is 12.4. The highest BCUT2D eigenvalue weighted by atomic mass is 32.1. The minimum atomic E-state index is -4.21. The van der Waals surface area contributed by atoms with Gasteiger partial charge in [-0.2, -0.15) is 13.2 Å². The van der Waals surface area contributed by atoms with Crippen LogP contribution < -0.4 is 5.32 Å². The molecule has 1 N–H and O–H groups in total. The summed E-state index contributed by atoms with van der Waals surface area (Å²) >= 11 is 1.39. The number of hydrogen-bond donors (Lipinski definition) is 1. The van der Waals surface area contributed by atoms with Crippen molar-refractivity contribution in [1.29, 1.82) is 0 Å². The van der Waals surface area contributed by atoms with Crippen LogP contribution in [0.4, 0.5) is 13.2 Å². The number of likely N-dealkylation sites (N-methyl/N-ethyl adjacent to an activating group) is 1. The van der Waals surface area contributed by atoms with Crippen molar-refractivity contribution >= 4 is 17.2 Å². The van der Waals surface area contributed by atoms with Crippen LogP contribution in [0.1, 0.15) is 17.1 Å². The van der Waals surface area contributed by atoms with Gasteiger partial charge < -0.3 is 5.32 Å². The second-order valence-electron chi connectivity index (χ2n) is 4.79. The number of amides is 1. The molecule has 0 atom stereocenters. The number of aromatic nitrogens is 1. The van der Waals surface area contributed by atoms with E-state index < -0.39 is 11.7 Å². The fourth-order valence-electron chi connectivity index (χ4n) is 2.07. The number of nitrogens with zero attached hydrogens (tertiary/aromatic N) is 2. The van der Waals surface area contributed by atoms with E-state index in [1.165, 1.54) is 17.4 Å². The molecule has 0 aromatic carbocycles. The molecular weight excluding hydrogens is 303 g/mol. The molecule has 1 aromatic rings. The van der Waals surface area contributed by atoms with Crippen molar-refractivity contribution in [2.75, 3.05) is 20.1 Å². The van der Waals surface area contributed by atoms with Gasteiger partial charge in [0.1, 0.15) is 5.01 Å². The fraction of sp³-hybridized carbons (Fsp3) is 0.538. The maximum Gasteiger partial charge on any atom is 0.412 e. The van der Waals surface area contributed by atoms with Crippen LogP contribution in [0, 0.1) is 0 Å². The van der Waals surface area contributed by atoms with Gasteiger partial charge in [0.15, 0.2) is 0 Å². The molecule has 21 heavy (non-hydrogen) atoms. The van der Waals surface area contributed by atoms with E-state index >= 15 is 0 Å². The van der Waals surface area contributed by atoms with Gasteiger partial charge in [-0.3, -0.25) is 9.69 Å². The highest BCUT2D eigenvalue weighted by Gasteiger charge is 2.34. The van der Waals surface area contributed by atoms with Crippen molar-refractivity contribution in [3.8, 4) is 0 Å². The van der Waals surface area contributed by atoms with Gasteiger partial charge in [0.2, 0.25) is 5.91 Å². The first-order chi connectivity index (χ1) is 9.88. The van der Waals surface area contributed by atoms with Crippen LogP contribution in [-0.2, 0) is 17.8 Å². The van der Waals surface area contributed by atoms with E-state index in [0.29, 0.717) is 18.1 Å². The van der Waals surface area contributed by atoms with Crippen LogP contribution in [0.15, 0.2) is 17.0 Å². The summed E-state index contributed by atoms with van der Waals surface area (Å²) in [7, 11) is 1.56. The number of thiazole rings is 1. The minimum Gasteiger partial charge on any atom is -0.359 e. The Kier molecular flexibility index (Phi) is 5.00. The van der Waals surface area contributed by atoms with E-state index in [4.69, 9.17) is 0 Å². The van der Waals surface area contributed by atoms with Gasteiger partial charge in [-0.05, 0) is 6.42 Å². The van der Waals surface area contributed by atoms with Gasteiger partial charge in [0.05, 0.1) is 12.1 Å². The Morgan fingerprint density at radius 3 is 2.86 bits per heavy atom. The van der Waals surface area contributed by atoms with Crippen LogP contribution in [-0.4, -0.2) is 42.1 Å². The van der Waals surface area contributed by atoms with E-state index in [9.17, 15) is 18.0 Å². The Morgan fingerprint density at radius 1 is 1.52 bits per heavy atom. The van der Waals surface area contributed by atoms with Crippen molar-refractivity contribution in [3.63, 3.8) is 0 Å². The zero-order valence-electron chi connectivity index (χ0n) is 11.5. The Hall–Kier alpha value is -1.41. The molecule has 0 aliphatic carbocycles. The number of hydrogen-bond acceptors (Lipinski definition) is 4. The third-order valence-corrected chi connectivity index (χ3v) is 4.13. The van der Waals surface area contributed by atoms with Crippen molar-refractivity contribution in [2.24, 2.45) is 0 Å². The summed E-state index contributed by atoms with van der Waals surface area (Å²) in [6.07, 6.45) is -2.73. The van der Waals surface area contributed by atoms with Gasteiger partial charge in [-0.25, -0.2) is 4.98 Å². The topological polar surface area (TPSA) is 45.2 Å². The van der Waals surface area contributed by atoms with Gasteiger partial charge in [0, 0.05) is 37.6 Å². The monoisotopic (exact) mass is 319 g/mol. The molecule has 1 aromatic heterocycles. The second-order valence-corrected chi connectivity index (χ2v) is 5.74. The summed E-state index contributed by atoms with van der Waals surface area (Å²) in [5.41, 5.74) is 0.347. The lowest BCUT2D eigenvalue weighted by atomic mass is 10.1. The maximum atomic E-state index is 12.5. The van der Waals surface area contributed by atoms with Crippen molar-refractivity contribution in [2.45, 2.75) is 25.6 Å². The standard InChI is InChI=1S/C13H16F3N3OS/c1-17-11(20)6-12-18-10(8-21-12)7-19-4-2-9(3-5-19)13(14,15)16/h2,8H,3-7H2,1H3,(H,17,20). The lowest BCUT2D eigenvalue weighted by Crippen LogP contribution is -2.31. The predicted octanol–water partition coefficient (Wildman–Crippen LogP) is 2.13. The number of alkyl halides is 3. The molecule has 0 saturated carbocycles. The van der Waals surface area contributed by atoms with Crippen molar-refractivity contribution in [3.05, 3.63) is 27.7 Å². The molecule has 1 amide bonds. The van der Waals surface area contributed by atoms with Gasteiger partial charge in [0.25, 0.3) is 0 Å². The zero-order chi connectivity index (χ0) is 15.5. The highest BCUT2D eigenvalue weighted by Crippen LogP contribution is 2.30. The molecular formula is C13H16F3N3OS. The van der Waals surface area contributed by atoms with Crippen LogP contribution in [0.3, 0.4) is 0 Å². The average Bonchev–Trinajstić information content (AvgIpc) is 2.85. The second kappa shape index (κ2) is 6.57. The molecule has 4 nitrogen and oxygen atoms in total. The number of carbonyl (C=O) groups excluding carboxylic acids is 1. The van der Waals surface area contributed by atoms with E-state index in [1.807, 2.05) is 10.3 Å². The SMILES string of the molecule is CNC(=O)Cc1nc(CN2CC=C(C(F)(F)F)CC2)cs1. The molecule has 116 valence electrons. The molecule has 2 heterocycles. The minimum absolute atomic E-state index is 0.0126.